The summed E-state index contributed by atoms with van der Waals surface area (Å²) in [4.78, 5) is 15.5. The molecule has 0 unspecified atom stereocenters. The molecule has 1 N–H and O–H groups in total. The van der Waals surface area contributed by atoms with Crippen molar-refractivity contribution in [2.24, 2.45) is 0 Å². The molecule has 0 spiro atoms. The minimum atomic E-state index is -0.695. The molecule has 0 saturated heterocycles. The number of pyridine rings is 1. The van der Waals surface area contributed by atoms with E-state index in [1.807, 2.05) is 0 Å². The summed E-state index contributed by atoms with van der Waals surface area (Å²) in [6, 6.07) is 6.09. The summed E-state index contributed by atoms with van der Waals surface area (Å²) in [6.45, 7) is 0. The van der Waals surface area contributed by atoms with E-state index >= 15 is 0 Å². The number of aromatic nitrogens is 1. The van der Waals surface area contributed by atoms with Gasteiger partial charge in [0.2, 0.25) is 0 Å². The Balaban J connectivity index is 2.26. The summed E-state index contributed by atoms with van der Waals surface area (Å²) in [6.07, 6.45) is 2.31. The van der Waals surface area contributed by atoms with Crippen molar-refractivity contribution in [1.82, 2.24) is 4.98 Å². The number of ether oxygens (including phenoxy) is 1. The largest absolute Gasteiger partial charge is 0.497 e. The molecular formula is C13H10ClFN2O2. The first-order valence-electron chi connectivity index (χ1n) is 5.36. The molecule has 4 nitrogen and oxygen atoms in total. The lowest BCUT2D eigenvalue weighted by molar-refractivity contribution is 0.102. The van der Waals surface area contributed by atoms with Crippen LogP contribution in [-0.2, 0) is 0 Å². The Kier molecular flexibility index (Phi) is 3.97. The summed E-state index contributed by atoms with van der Waals surface area (Å²) in [7, 11) is 1.50. The number of rotatable bonds is 3. The summed E-state index contributed by atoms with van der Waals surface area (Å²) < 4.78 is 18.4. The van der Waals surface area contributed by atoms with E-state index in [4.69, 9.17) is 16.3 Å². The van der Waals surface area contributed by atoms with Crippen LogP contribution >= 0.6 is 11.6 Å². The third-order valence-electron chi connectivity index (χ3n) is 2.44. The van der Waals surface area contributed by atoms with E-state index in [1.54, 1.807) is 18.2 Å². The molecular weight excluding hydrogens is 271 g/mol. The van der Waals surface area contributed by atoms with Gasteiger partial charge in [-0.2, -0.15) is 0 Å². The van der Waals surface area contributed by atoms with Crippen LogP contribution in [0.3, 0.4) is 0 Å². The van der Waals surface area contributed by atoms with Gasteiger partial charge in [0.25, 0.3) is 5.91 Å². The molecule has 0 atom stereocenters. The standard InChI is InChI=1S/C13H10ClFN2O2/c1-19-8-2-3-10(14)12(6-8)17-13(18)9-4-5-16-7-11(9)15/h2-7H,1H3,(H,17,18). The number of hydrogen-bond acceptors (Lipinski definition) is 3. The van der Waals surface area contributed by atoms with Crippen molar-refractivity contribution in [2.75, 3.05) is 12.4 Å². The number of halogens is 2. The molecule has 19 heavy (non-hydrogen) atoms. The van der Waals surface area contributed by atoms with Crippen LogP contribution in [-0.4, -0.2) is 18.0 Å². The van der Waals surface area contributed by atoms with E-state index < -0.39 is 11.7 Å². The molecule has 1 heterocycles. The average molecular weight is 281 g/mol. The smallest absolute Gasteiger partial charge is 0.258 e. The topological polar surface area (TPSA) is 51.2 Å². The number of hydrogen-bond donors (Lipinski definition) is 1. The first-order valence-corrected chi connectivity index (χ1v) is 5.74. The molecule has 0 bridgehead atoms. The van der Waals surface area contributed by atoms with Crippen LogP contribution in [0.5, 0.6) is 5.75 Å². The maximum absolute atomic E-state index is 13.4. The first-order chi connectivity index (χ1) is 9.11. The van der Waals surface area contributed by atoms with Crippen molar-refractivity contribution in [3.8, 4) is 5.75 Å². The fourth-order valence-electron chi connectivity index (χ4n) is 1.48. The van der Waals surface area contributed by atoms with Crippen LogP contribution in [0.15, 0.2) is 36.7 Å². The Labute approximate surface area is 114 Å². The fourth-order valence-corrected chi connectivity index (χ4v) is 1.64. The minimum Gasteiger partial charge on any atom is -0.497 e. The van der Waals surface area contributed by atoms with Gasteiger partial charge in [0.15, 0.2) is 5.82 Å². The lowest BCUT2D eigenvalue weighted by Gasteiger charge is -2.09. The van der Waals surface area contributed by atoms with Gasteiger partial charge in [-0.25, -0.2) is 4.39 Å². The van der Waals surface area contributed by atoms with Crippen LogP contribution < -0.4 is 10.1 Å². The van der Waals surface area contributed by atoms with Gasteiger partial charge in [-0.3, -0.25) is 9.78 Å². The Morgan fingerprint density at radius 1 is 1.42 bits per heavy atom. The molecule has 6 heteroatoms. The second-order valence-corrected chi connectivity index (χ2v) is 4.06. The third-order valence-corrected chi connectivity index (χ3v) is 2.77. The van der Waals surface area contributed by atoms with E-state index in [9.17, 15) is 9.18 Å². The number of methoxy groups -OCH3 is 1. The summed E-state index contributed by atoms with van der Waals surface area (Å²) in [5.41, 5.74) is 0.246. The maximum atomic E-state index is 13.4. The predicted octanol–water partition coefficient (Wildman–Crippen LogP) is 3.14. The summed E-state index contributed by atoms with van der Waals surface area (Å²) in [5, 5.41) is 2.86. The Morgan fingerprint density at radius 2 is 2.21 bits per heavy atom. The quantitative estimate of drug-likeness (QED) is 0.940. The van der Waals surface area contributed by atoms with Crippen molar-refractivity contribution in [3.05, 3.63) is 53.1 Å². The van der Waals surface area contributed by atoms with E-state index in [0.717, 1.165) is 6.20 Å². The normalized spacial score (nSPS) is 10.1. The zero-order valence-electron chi connectivity index (χ0n) is 9.98. The van der Waals surface area contributed by atoms with Crippen molar-refractivity contribution >= 4 is 23.2 Å². The lowest BCUT2D eigenvalue weighted by Crippen LogP contribution is -2.14. The second-order valence-electron chi connectivity index (χ2n) is 3.66. The predicted molar refractivity (Wildman–Crippen MR) is 70.2 cm³/mol. The van der Waals surface area contributed by atoms with Crippen molar-refractivity contribution in [3.63, 3.8) is 0 Å². The first kappa shape index (κ1) is 13.3. The Hall–Kier alpha value is -2.14. The van der Waals surface area contributed by atoms with Crippen LogP contribution in [0, 0.1) is 5.82 Å². The maximum Gasteiger partial charge on any atom is 0.258 e. The van der Waals surface area contributed by atoms with Gasteiger partial charge in [-0.15, -0.1) is 0 Å². The highest BCUT2D eigenvalue weighted by atomic mass is 35.5. The molecule has 0 saturated carbocycles. The Morgan fingerprint density at radius 3 is 2.89 bits per heavy atom. The summed E-state index contributed by atoms with van der Waals surface area (Å²) >= 11 is 5.95. The van der Waals surface area contributed by atoms with Crippen LogP contribution in [0.1, 0.15) is 10.4 Å². The number of nitrogens with one attached hydrogen (secondary N) is 1. The van der Waals surface area contributed by atoms with Crippen molar-refractivity contribution in [2.45, 2.75) is 0 Å². The van der Waals surface area contributed by atoms with E-state index in [2.05, 4.69) is 10.3 Å². The lowest BCUT2D eigenvalue weighted by atomic mass is 10.2. The molecule has 1 aromatic heterocycles. The second kappa shape index (κ2) is 5.67. The van der Waals surface area contributed by atoms with Crippen LogP contribution in [0.4, 0.5) is 10.1 Å². The van der Waals surface area contributed by atoms with Gasteiger partial charge in [0.1, 0.15) is 5.75 Å². The highest BCUT2D eigenvalue weighted by molar-refractivity contribution is 6.34. The van der Waals surface area contributed by atoms with Gasteiger partial charge in [0.05, 0.1) is 29.6 Å². The summed E-state index contributed by atoms with van der Waals surface area (Å²) in [5.74, 6) is -0.760. The molecule has 0 aliphatic rings. The van der Waals surface area contributed by atoms with Gasteiger partial charge < -0.3 is 10.1 Å². The van der Waals surface area contributed by atoms with Crippen molar-refractivity contribution in [1.29, 1.82) is 0 Å². The van der Waals surface area contributed by atoms with Gasteiger partial charge in [-0.1, -0.05) is 11.6 Å². The van der Waals surface area contributed by atoms with Crippen LogP contribution in [0.25, 0.3) is 0 Å². The molecule has 1 aromatic carbocycles. The van der Waals surface area contributed by atoms with E-state index in [-0.39, 0.29) is 5.56 Å². The van der Waals surface area contributed by atoms with Crippen molar-refractivity contribution < 1.29 is 13.9 Å². The fraction of sp³-hybridized carbons (Fsp3) is 0.0769. The number of carbonyl (C=O) groups excluding carboxylic acids is 1. The molecule has 0 fully saturated rings. The molecule has 0 aliphatic heterocycles. The molecule has 2 rings (SSSR count). The third kappa shape index (κ3) is 3.00. The van der Waals surface area contributed by atoms with Gasteiger partial charge in [-0.05, 0) is 18.2 Å². The highest BCUT2D eigenvalue weighted by Gasteiger charge is 2.13. The number of anilines is 1. The highest BCUT2D eigenvalue weighted by Crippen LogP contribution is 2.27. The van der Waals surface area contributed by atoms with Gasteiger partial charge >= 0.3 is 0 Å². The van der Waals surface area contributed by atoms with E-state index in [1.165, 1.54) is 19.4 Å². The molecule has 2 aromatic rings. The molecule has 0 radical (unpaired) electrons. The van der Waals surface area contributed by atoms with Crippen LogP contribution in [0.2, 0.25) is 5.02 Å². The average Bonchev–Trinajstić information content (AvgIpc) is 2.41. The van der Waals surface area contributed by atoms with Gasteiger partial charge in [0, 0.05) is 12.3 Å². The van der Waals surface area contributed by atoms with E-state index in [0.29, 0.717) is 16.5 Å². The number of amides is 1. The SMILES string of the molecule is COc1ccc(Cl)c(NC(=O)c2ccncc2F)c1. The minimum absolute atomic E-state index is 0.103. The number of nitrogens with zero attached hydrogens (tertiary/aromatic N) is 1. The molecule has 1 amide bonds. The number of benzene rings is 1. The molecule has 0 aliphatic carbocycles. The number of carbonyl (C=O) groups is 1. The zero-order valence-corrected chi connectivity index (χ0v) is 10.7. The zero-order chi connectivity index (χ0) is 13.8. The monoisotopic (exact) mass is 280 g/mol. The Bertz CT molecular complexity index is 619. The molecule has 98 valence electrons.